The summed E-state index contributed by atoms with van der Waals surface area (Å²) in [5.74, 6) is 2.97. The van der Waals surface area contributed by atoms with Crippen LogP contribution in [0.1, 0.15) is 50.4 Å². The predicted molar refractivity (Wildman–Crippen MR) is 107 cm³/mol. The van der Waals surface area contributed by atoms with Gasteiger partial charge in [0.25, 0.3) is 0 Å². The van der Waals surface area contributed by atoms with Crippen LogP contribution in [0, 0.1) is 11.3 Å². The van der Waals surface area contributed by atoms with E-state index in [9.17, 15) is 0 Å². The molecular formula is C20H30N4S. The average molecular weight is 359 g/mol. The maximum absolute atomic E-state index is 4.98. The minimum absolute atomic E-state index is 0.384. The van der Waals surface area contributed by atoms with Crippen LogP contribution in [-0.4, -0.2) is 36.1 Å². The van der Waals surface area contributed by atoms with E-state index in [1.807, 2.05) is 11.3 Å². The Balaban J connectivity index is 1.81. The van der Waals surface area contributed by atoms with Gasteiger partial charge in [-0.25, -0.2) is 9.97 Å². The van der Waals surface area contributed by atoms with E-state index in [0.29, 0.717) is 5.41 Å². The van der Waals surface area contributed by atoms with Gasteiger partial charge in [0.05, 0.1) is 5.39 Å². The SMILES string of the molecule is CCc1nc(N2CCNCC2)c2c3c(sc2n1)C[C@@H](C(C)(C)C)CC3. The van der Waals surface area contributed by atoms with E-state index in [4.69, 9.17) is 9.97 Å². The summed E-state index contributed by atoms with van der Waals surface area (Å²) in [4.78, 5) is 15.2. The first-order chi connectivity index (χ1) is 12.0. The number of aromatic nitrogens is 2. The maximum atomic E-state index is 4.98. The van der Waals surface area contributed by atoms with Gasteiger partial charge < -0.3 is 10.2 Å². The summed E-state index contributed by atoms with van der Waals surface area (Å²) in [5.41, 5.74) is 1.94. The molecule has 0 spiro atoms. The number of hydrogen-bond donors (Lipinski definition) is 1. The molecule has 5 heteroatoms. The normalized spacial score (nSPS) is 21.6. The van der Waals surface area contributed by atoms with E-state index in [-0.39, 0.29) is 0 Å². The zero-order valence-corrected chi connectivity index (χ0v) is 16.8. The van der Waals surface area contributed by atoms with Crippen molar-refractivity contribution in [2.45, 2.75) is 53.4 Å². The Morgan fingerprint density at radius 1 is 1.20 bits per heavy atom. The van der Waals surface area contributed by atoms with Crippen molar-refractivity contribution in [1.29, 1.82) is 0 Å². The summed E-state index contributed by atoms with van der Waals surface area (Å²) in [6.45, 7) is 13.5. The quantitative estimate of drug-likeness (QED) is 0.886. The Bertz CT molecular complexity index is 768. The lowest BCUT2D eigenvalue weighted by Gasteiger charge is -2.34. The molecule has 2 aromatic heterocycles. The maximum Gasteiger partial charge on any atom is 0.141 e. The van der Waals surface area contributed by atoms with Gasteiger partial charge in [0, 0.05) is 37.5 Å². The summed E-state index contributed by atoms with van der Waals surface area (Å²) >= 11 is 1.93. The molecule has 2 aliphatic rings. The van der Waals surface area contributed by atoms with Crippen molar-refractivity contribution in [2.75, 3.05) is 31.1 Å². The predicted octanol–water partition coefficient (Wildman–Crippen LogP) is 3.81. The van der Waals surface area contributed by atoms with Gasteiger partial charge in [-0.15, -0.1) is 11.3 Å². The molecule has 1 atom stereocenters. The fraction of sp³-hybridized carbons (Fsp3) is 0.700. The molecule has 0 aromatic carbocycles. The van der Waals surface area contributed by atoms with Crippen LogP contribution in [0.15, 0.2) is 0 Å². The van der Waals surface area contributed by atoms with E-state index in [1.165, 1.54) is 35.3 Å². The van der Waals surface area contributed by atoms with Crippen molar-refractivity contribution in [2.24, 2.45) is 11.3 Å². The van der Waals surface area contributed by atoms with E-state index in [0.717, 1.165) is 44.3 Å². The number of fused-ring (bicyclic) bond motifs is 3. The van der Waals surface area contributed by atoms with Crippen LogP contribution in [0.3, 0.4) is 0 Å². The van der Waals surface area contributed by atoms with Gasteiger partial charge in [0.1, 0.15) is 16.5 Å². The summed E-state index contributed by atoms with van der Waals surface area (Å²) in [7, 11) is 0. The molecule has 0 radical (unpaired) electrons. The Hall–Kier alpha value is -1.20. The monoisotopic (exact) mass is 358 g/mol. The van der Waals surface area contributed by atoms with Crippen molar-refractivity contribution < 1.29 is 0 Å². The molecule has 3 heterocycles. The highest BCUT2D eigenvalue weighted by Crippen LogP contribution is 2.45. The summed E-state index contributed by atoms with van der Waals surface area (Å²) in [6, 6.07) is 0. The molecule has 1 fully saturated rings. The molecule has 4 nitrogen and oxygen atoms in total. The molecule has 1 aliphatic heterocycles. The highest BCUT2D eigenvalue weighted by molar-refractivity contribution is 7.19. The topological polar surface area (TPSA) is 41.1 Å². The second-order valence-corrected chi connectivity index (χ2v) is 9.63. The van der Waals surface area contributed by atoms with Gasteiger partial charge in [-0.2, -0.15) is 0 Å². The van der Waals surface area contributed by atoms with E-state index in [2.05, 4.69) is 37.9 Å². The Morgan fingerprint density at radius 3 is 2.64 bits per heavy atom. The molecule has 136 valence electrons. The van der Waals surface area contributed by atoms with Crippen LogP contribution in [0.5, 0.6) is 0 Å². The van der Waals surface area contributed by atoms with Crippen LogP contribution in [0.2, 0.25) is 0 Å². The molecule has 0 amide bonds. The Morgan fingerprint density at radius 2 is 1.96 bits per heavy atom. The van der Waals surface area contributed by atoms with Gasteiger partial charge in [-0.05, 0) is 36.2 Å². The first-order valence-corrected chi connectivity index (χ1v) is 10.6. The molecule has 0 unspecified atom stereocenters. The molecule has 1 N–H and O–H groups in total. The Kier molecular flexibility index (Phi) is 4.49. The second-order valence-electron chi connectivity index (χ2n) is 8.54. The lowest BCUT2D eigenvalue weighted by molar-refractivity contribution is 0.218. The minimum Gasteiger partial charge on any atom is -0.353 e. The highest BCUT2D eigenvalue weighted by Gasteiger charge is 2.32. The van der Waals surface area contributed by atoms with Crippen LogP contribution in [0.25, 0.3) is 10.2 Å². The van der Waals surface area contributed by atoms with Gasteiger partial charge in [-0.1, -0.05) is 27.7 Å². The lowest BCUT2D eigenvalue weighted by Crippen LogP contribution is -2.44. The van der Waals surface area contributed by atoms with Crippen molar-refractivity contribution in [1.82, 2.24) is 15.3 Å². The van der Waals surface area contributed by atoms with Crippen LogP contribution in [-0.2, 0) is 19.3 Å². The molecular weight excluding hydrogens is 328 g/mol. The molecule has 0 saturated carbocycles. The third kappa shape index (κ3) is 3.17. The first kappa shape index (κ1) is 17.2. The largest absolute Gasteiger partial charge is 0.353 e. The summed E-state index contributed by atoms with van der Waals surface area (Å²) < 4.78 is 0. The molecule has 1 aliphatic carbocycles. The third-order valence-electron chi connectivity index (χ3n) is 5.89. The molecule has 4 rings (SSSR count). The molecule has 25 heavy (non-hydrogen) atoms. The summed E-state index contributed by atoms with van der Waals surface area (Å²) in [5, 5.41) is 4.82. The highest BCUT2D eigenvalue weighted by atomic mass is 32.1. The van der Waals surface area contributed by atoms with Crippen LogP contribution < -0.4 is 10.2 Å². The number of anilines is 1. The number of nitrogens with zero attached hydrogens (tertiary/aromatic N) is 3. The fourth-order valence-electron chi connectivity index (χ4n) is 4.20. The van der Waals surface area contributed by atoms with Crippen molar-refractivity contribution in [3.8, 4) is 0 Å². The van der Waals surface area contributed by atoms with Crippen molar-refractivity contribution in [3.63, 3.8) is 0 Å². The van der Waals surface area contributed by atoms with Crippen molar-refractivity contribution in [3.05, 3.63) is 16.3 Å². The third-order valence-corrected chi connectivity index (χ3v) is 7.04. The van der Waals surface area contributed by atoms with Crippen LogP contribution in [0.4, 0.5) is 5.82 Å². The fourth-order valence-corrected chi connectivity index (χ4v) is 5.52. The van der Waals surface area contributed by atoms with Gasteiger partial charge >= 0.3 is 0 Å². The molecule has 0 bridgehead atoms. The van der Waals surface area contributed by atoms with E-state index >= 15 is 0 Å². The second kappa shape index (κ2) is 6.51. The molecule has 1 saturated heterocycles. The number of piperazine rings is 1. The van der Waals surface area contributed by atoms with Gasteiger partial charge in [0.15, 0.2) is 0 Å². The zero-order valence-electron chi connectivity index (χ0n) is 16.0. The van der Waals surface area contributed by atoms with E-state index < -0.39 is 0 Å². The van der Waals surface area contributed by atoms with Crippen LogP contribution >= 0.6 is 11.3 Å². The molecule has 2 aromatic rings. The Labute approximate surface area is 155 Å². The number of thiophene rings is 1. The number of aryl methyl sites for hydroxylation is 2. The minimum atomic E-state index is 0.384. The van der Waals surface area contributed by atoms with Gasteiger partial charge in [0.2, 0.25) is 0 Å². The smallest absolute Gasteiger partial charge is 0.141 e. The summed E-state index contributed by atoms with van der Waals surface area (Å²) in [6.07, 6.45) is 4.59. The number of nitrogens with one attached hydrogen (secondary N) is 1. The number of rotatable bonds is 2. The van der Waals surface area contributed by atoms with E-state index in [1.54, 1.807) is 10.4 Å². The lowest BCUT2D eigenvalue weighted by atomic mass is 9.72. The van der Waals surface area contributed by atoms with Crippen molar-refractivity contribution >= 4 is 27.4 Å². The average Bonchev–Trinajstić information content (AvgIpc) is 2.98. The first-order valence-electron chi connectivity index (χ1n) is 9.74. The zero-order chi connectivity index (χ0) is 17.6. The van der Waals surface area contributed by atoms with Gasteiger partial charge in [-0.3, -0.25) is 0 Å². The standard InChI is InChI=1S/C20H30N4S/c1-5-16-22-18(24-10-8-21-9-11-24)17-14-7-6-13(20(2,3)4)12-15(14)25-19(17)23-16/h13,21H,5-12H2,1-4H3/t13-/m0/s1. The number of hydrogen-bond acceptors (Lipinski definition) is 5.